The average Bonchev–Trinajstić information content (AvgIpc) is 3.56. The molecule has 0 unspecified atom stereocenters. The number of hydrogen-bond acceptors (Lipinski definition) is 6. The number of piperidine rings is 1. The summed E-state index contributed by atoms with van der Waals surface area (Å²) in [7, 11) is 0. The molecule has 0 atom stereocenters. The molecule has 5 aromatic rings. The van der Waals surface area contributed by atoms with E-state index in [2.05, 4.69) is 32.7 Å². The summed E-state index contributed by atoms with van der Waals surface area (Å²) >= 11 is 0. The molecule has 10 heteroatoms. The molecule has 39 heavy (non-hydrogen) atoms. The van der Waals surface area contributed by atoms with E-state index in [9.17, 15) is 9.18 Å². The summed E-state index contributed by atoms with van der Waals surface area (Å²) in [5, 5.41) is 6.46. The number of oxazole rings is 1. The van der Waals surface area contributed by atoms with Crippen LogP contribution in [0.3, 0.4) is 0 Å². The summed E-state index contributed by atoms with van der Waals surface area (Å²) in [4.78, 5) is 28.3. The van der Waals surface area contributed by atoms with Gasteiger partial charge in [-0.05, 0) is 55.2 Å². The Hall–Kier alpha value is -4.73. The number of likely N-dealkylation sites (tertiary alicyclic amines) is 1. The number of carbonyl (C=O) groups is 1. The zero-order valence-electron chi connectivity index (χ0n) is 21.3. The highest BCUT2D eigenvalue weighted by Gasteiger charge is 2.24. The molecule has 1 saturated heterocycles. The maximum Gasteiger partial charge on any atom is 0.317 e. The van der Waals surface area contributed by atoms with Gasteiger partial charge in [-0.1, -0.05) is 30.3 Å². The van der Waals surface area contributed by atoms with Gasteiger partial charge in [-0.15, -0.1) is 0 Å². The van der Waals surface area contributed by atoms with Gasteiger partial charge in [-0.25, -0.2) is 19.2 Å². The number of anilines is 1. The molecule has 0 saturated carbocycles. The fourth-order valence-corrected chi connectivity index (χ4v) is 4.88. The molecular weight excluding hydrogens is 497 g/mol. The van der Waals surface area contributed by atoms with Gasteiger partial charge in [-0.2, -0.15) is 4.98 Å². The molecule has 198 valence electrons. The van der Waals surface area contributed by atoms with Gasteiger partial charge < -0.3 is 20.0 Å². The lowest BCUT2D eigenvalue weighted by molar-refractivity contribution is 0.184. The minimum atomic E-state index is -0.313. The van der Waals surface area contributed by atoms with Crippen molar-refractivity contribution in [2.45, 2.75) is 25.3 Å². The third-order valence-electron chi connectivity index (χ3n) is 6.93. The molecule has 1 aliphatic rings. The highest BCUT2D eigenvalue weighted by Crippen LogP contribution is 2.32. The van der Waals surface area contributed by atoms with Crippen LogP contribution in [-0.4, -0.2) is 56.0 Å². The predicted molar refractivity (Wildman–Crippen MR) is 146 cm³/mol. The van der Waals surface area contributed by atoms with E-state index in [1.807, 2.05) is 33.6 Å². The minimum absolute atomic E-state index is 0.0270. The zero-order valence-corrected chi connectivity index (χ0v) is 21.3. The molecule has 1 fully saturated rings. The summed E-state index contributed by atoms with van der Waals surface area (Å²) in [6.07, 6.45) is 7.43. The number of rotatable bonds is 7. The van der Waals surface area contributed by atoms with E-state index in [1.165, 1.54) is 17.7 Å². The van der Waals surface area contributed by atoms with Crippen LogP contribution < -0.4 is 10.6 Å². The summed E-state index contributed by atoms with van der Waals surface area (Å²) in [6.45, 7) is 1.92. The molecule has 4 heterocycles. The molecule has 0 radical (unpaired) electrons. The number of hydrogen-bond donors (Lipinski definition) is 2. The van der Waals surface area contributed by atoms with Crippen molar-refractivity contribution in [3.05, 3.63) is 90.7 Å². The van der Waals surface area contributed by atoms with Crippen LogP contribution in [0.1, 0.15) is 18.4 Å². The van der Waals surface area contributed by atoms with E-state index < -0.39 is 0 Å². The second-order valence-electron chi connectivity index (χ2n) is 9.51. The average molecular weight is 526 g/mol. The number of amides is 2. The Bertz CT molecular complexity index is 1560. The SMILES string of the molecule is O=C(NCCc1ccccc1)N1CCC(Nc2nccc(-c3c(-c4ccc(F)cc4)nc4occn34)n2)CC1. The number of imidazole rings is 1. The van der Waals surface area contributed by atoms with Gasteiger partial charge in [0, 0.05) is 43.6 Å². The van der Waals surface area contributed by atoms with Crippen LogP contribution in [0.5, 0.6) is 0 Å². The largest absolute Gasteiger partial charge is 0.432 e. The summed E-state index contributed by atoms with van der Waals surface area (Å²) in [5.74, 6) is 0.612. The lowest BCUT2D eigenvalue weighted by atomic mass is 10.1. The van der Waals surface area contributed by atoms with E-state index in [0.29, 0.717) is 42.8 Å². The fourth-order valence-electron chi connectivity index (χ4n) is 4.88. The van der Waals surface area contributed by atoms with Crippen molar-refractivity contribution in [3.8, 4) is 22.6 Å². The Labute approximate surface area is 224 Å². The molecule has 0 spiro atoms. The van der Waals surface area contributed by atoms with Crippen molar-refractivity contribution in [2.75, 3.05) is 25.0 Å². The van der Waals surface area contributed by atoms with Crippen LogP contribution in [0.4, 0.5) is 15.1 Å². The first-order valence-electron chi connectivity index (χ1n) is 13.0. The number of urea groups is 1. The maximum atomic E-state index is 13.5. The normalized spacial score (nSPS) is 14.0. The Morgan fingerprint density at radius 2 is 1.82 bits per heavy atom. The predicted octanol–water partition coefficient (Wildman–Crippen LogP) is 5.02. The third kappa shape index (κ3) is 5.45. The quantitative estimate of drug-likeness (QED) is 0.310. The second kappa shape index (κ2) is 10.9. The highest BCUT2D eigenvalue weighted by molar-refractivity contribution is 5.79. The smallest absolute Gasteiger partial charge is 0.317 e. The summed E-state index contributed by atoms with van der Waals surface area (Å²) in [5.41, 5.74) is 4.00. The van der Waals surface area contributed by atoms with Gasteiger partial charge in [0.25, 0.3) is 0 Å². The molecular formula is C29H28FN7O2. The van der Waals surface area contributed by atoms with Crippen molar-refractivity contribution in [1.82, 2.24) is 29.6 Å². The minimum Gasteiger partial charge on any atom is -0.432 e. The number of nitrogens with one attached hydrogen (secondary N) is 2. The van der Waals surface area contributed by atoms with Crippen molar-refractivity contribution < 1.29 is 13.6 Å². The lowest BCUT2D eigenvalue weighted by Gasteiger charge is -2.32. The van der Waals surface area contributed by atoms with E-state index in [1.54, 1.807) is 30.8 Å². The number of halogens is 1. The van der Waals surface area contributed by atoms with Gasteiger partial charge >= 0.3 is 11.9 Å². The molecule has 1 aliphatic heterocycles. The van der Waals surface area contributed by atoms with E-state index >= 15 is 0 Å². The van der Waals surface area contributed by atoms with Crippen molar-refractivity contribution >= 4 is 17.8 Å². The van der Waals surface area contributed by atoms with Gasteiger partial charge in [0.2, 0.25) is 5.95 Å². The molecule has 9 nitrogen and oxygen atoms in total. The highest BCUT2D eigenvalue weighted by atomic mass is 19.1. The van der Waals surface area contributed by atoms with E-state index in [4.69, 9.17) is 9.40 Å². The van der Waals surface area contributed by atoms with Crippen LogP contribution in [0, 0.1) is 5.82 Å². The first-order chi connectivity index (χ1) is 19.1. The third-order valence-corrected chi connectivity index (χ3v) is 6.93. The standard InChI is InChI=1S/C29H28FN7O2/c30-22-8-6-21(7-9-22)25-26(37-18-19-39-29(37)35-25)24-11-15-31-27(34-24)33-23-12-16-36(17-13-23)28(38)32-14-10-20-4-2-1-3-5-20/h1-9,11,15,18-19,23H,10,12-14,16-17H2,(H,32,38)(H,31,33,34). The number of aromatic nitrogens is 4. The Morgan fingerprint density at radius 1 is 1.03 bits per heavy atom. The molecule has 2 aromatic carbocycles. The van der Waals surface area contributed by atoms with Crippen LogP contribution in [0.2, 0.25) is 0 Å². The van der Waals surface area contributed by atoms with Crippen molar-refractivity contribution in [3.63, 3.8) is 0 Å². The van der Waals surface area contributed by atoms with Gasteiger partial charge in [-0.3, -0.25) is 4.40 Å². The topological polar surface area (TPSA) is 101 Å². The van der Waals surface area contributed by atoms with Crippen LogP contribution in [0.25, 0.3) is 28.5 Å². The molecule has 0 aliphatic carbocycles. The van der Waals surface area contributed by atoms with Crippen LogP contribution >= 0.6 is 0 Å². The van der Waals surface area contributed by atoms with Crippen LogP contribution in [-0.2, 0) is 6.42 Å². The monoisotopic (exact) mass is 525 g/mol. The van der Waals surface area contributed by atoms with Crippen molar-refractivity contribution in [2.24, 2.45) is 0 Å². The second-order valence-corrected chi connectivity index (χ2v) is 9.51. The molecule has 2 amide bonds. The first-order valence-corrected chi connectivity index (χ1v) is 13.0. The molecule has 0 bridgehead atoms. The number of nitrogens with zero attached hydrogens (tertiary/aromatic N) is 5. The lowest BCUT2D eigenvalue weighted by Crippen LogP contribution is -2.47. The van der Waals surface area contributed by atoms with E-state index in [-0.39, 0.29) is 17.9 Å². The van der Waals surface area contributed by atoms with E-state index in [0.717, 1.165) is 30.5 Å². The summed E-state index contributed by atoms with van der Waals surface area (Å²) in [6, 6.07) is 18.2. The molecule has 6 rings (SSSR count). The molecule has 2 N–H and O–H groups in total. The van der Waals surface area contributed by atoms with Crippen LogP contribution in [0.15, 0.2) is 83.7 Å². The van der Waals surface area contributed by atoms with Crippen molar-refractivity contribution in [1.29, 1.82) is 0 Å². The number of carbonyl (C=O) groups excluding carboxylic acids is 1. The van der Waals surface area contributed by atoms with Gasteiger partial charge in [0.15, 0.2) is 0 Å². The number of fused-ring (bicyclic) bond motifs is 1. The zero-order chi connectivity index (χ0) is 26.6. The Morgan fingerprint density at radius 3 is 2.62 bits per heavy atom. The Kier molecular flexibility index (Phi) is 6.90. The number of benzene rings is 2. The first kappa shape index (κ1) is 24.6. The van der Waals surface area contributed by atoms with Gasteiger partial charge in [0.05, 0.1) is 5.69 Å². The summed E-state index contributed by atoms with van der Waals surface area (Å²) < 4.78 is 20.9. The van der Waals surface area contributed by atoms with Gasteiger partial charge in [0.1, 0.15) is 23.5 Å². The fraction of sp³-hybridized carbons (Fsp3) is 0.241. The maximum absolute atomic E-state index is 13.5. The molecule has 3 aromatic heterocycles. The Balaban J connectivity index is 1.10.